The number of hydrogen-bond acceptors (Lipinski definition) is 7. The van der Waals surface area contributed by atoms with Crippen LogP contribution in [0.25, 0.3) is 10.7 Å². The van der Waals surface area contributed by atoms with Gasteiger partial charge in [0.25, 0.3) is 0 Å². The molecule has 1 saturated heterocycles. The van der Waals surface area contributed by atoms with Gasteiger partial charge in [0.2, 0.25) is 5.91 Å². The number of sulfone groups is 1. The number of carbonyl (C=O) groups excluding carboxylic acids is 1. The number of nitrogens with zero attached hydrogens (tertiary/aromatic N) is 3. The highest BCUT2D eigenvalue weighted by atomic mass is 32.2. The van der Waals surface area contributed by atoms with Crippen molar-refractivity contribution in [2.45, 2.75) is 48.7 Å². The Kier molecular flexibility index (Phi) is 4.83. The molecule has 4 rings (SSSR count). The molecule has 2 aromatic rings. The van der Waals surface area contributed by atoms with Crippen LogP contribution in [0.5, 0.6) is 0 Å². The highest BCUT2D eigenvalue weighted by molar-refractivity contribution is 8.00. The van der Waals surface area contributed by atoms with Gasteiger partial charge in [-0.1, -0.05) is 17.8 Å². The molecule has 1 aliphatic carbocycles. The highest BCUT2D eigenvalue weighted by Crippen LogP contribution is 2.42. The van der Waals surface area contributed by atoms with Crippen molar-refractivity contribution in [3.8, 4) is 10.7 Å². The average molecular weight is 413 g/mol. The van der Waals surface area contributed by atoms with Gasteiger partial charge in [0, 0.05) is 12.1 Å². The van der Waals surface area contributed by atoms with Gasteiger partial charge in [-0.2, -0.15) is 0 Å². The molecule has 1 aliphatic heterocycles. The predicted molar refractivity (Wildman–Crippen MR) is 102 cm³/mol. The minimum Gasteiger partial charge on any atom is -0.351 e. The Hall–Kier alpha value is -1.39. The zero-order chi connectivity index (χ0) is 18.3. The monoisotopic (exact) mass is 412 g/mol. The summed E-state index contributed by atoms with van der Waals surface area (Å²) >= 11 is 3.01. The molecule has 1 saturated carbocycles. The largest absolute Gasteiger partial charge is 0.351 e. The molecule has 0 unspecified atom stereocenters. The maximum absolute atomic E-state index is 12.5. The van der Waals surface area contributed by atoms with E-state index in [9.17, 15) is 13.2 Å². The molecule has 0 spiro atoms. The predicted octanol–water partition coefficient (Wildman–Crippen LogP) is 2.13. The minimum atomic E-state index is -3.00. The van der Waals surface area contributed by atoms with E-state index in [-0.39, 0.29) is 28.7 Å². The lowest BCUT2D eigenvalue weighted by molar-refractivity contribution is -0.120. The Labute approximate surface area is 160 Å². The average Bonchev–Trinajstić information content (AvgIpc) is 2.98. The molecule has 2 aromatic heterocycles. The molecule has 0 aromatic carbocycles. The summed E-state index contributed by atoms with van der Waals surface area (Å²) in [5.74, 6) is 0.899. The Morgan fingerprint density at radius 2 is 2.19 bits per heavy atom. The van der Waals surface area contributed by atoms with E-state index in [1.807, 2.05) is 24.4 Å². The van der Waals surface area contributed by atoms with E-state index in [0.29, 0.717) is 12.5 Å². The molecule has 26 heavy (non-hydrogen) atoms. The van der Waals surface area contributed by atoms with E-state index < -0.39 is 9.84 Å². The molecule has 2 fully saturated rings. The second-order valence-electron chi connectivity index (χ2n) is 6.75. The van der Waals surface area contributed by atoms with E-state index in [4.69, 9.17) is 0 Å². The number of carbonyl (C=O) groups is 1. The lowest BCUT2D eigenvalue weighted by Crippen LogP contribution is -2.40. The van der Waals surface area contributed by atoms with Gasteiger partial charge in [0.1, 0.15) is 0 Å². The number of thiophene rings is 1. The van der Waals surface area contributed by atoms with Crippen LogP contribution in [0.4, 0.5) is 0 Å². The van der Waals surface area contributed by atoms with Gasteiger partial charge in [0.15, 0.2) is 20.8 Å². The van der Waals surface area contributed by atoms with E-state index in [1.54, 1.807) is 11.3 Å². The van der Waals surface area contributed by atoms with Gasteiger partial charge < -0.3 is 5.32 Å². The fourth-order valence-corrected chi connectivity index (χ4v) is 6.34. The van der Waals surface area contributed by atoms with Crippen LogP contribution in [-0.2, 0) is 14.6 Å². The maximum atomic E-state index is 12.5. The quantitative estimate of drug-likeness (QED) is 0.731. The first-order valence-electron chi connectivity index (χ1n) is 8.59. The molecule has 2 aliphatic rings. The van der Waals surface area contributed by atoms with Crippen LogP contribution >= 0.6 is 23.1 Å². The summed E-state index contributed by atoms with van der Waals surface area (Å²) in [4.78, 5) is 13.5. The van der Waals surface area contributed by atoms with Crippen molar-refractivity contribution in [3.05, 3.63) is 17.5 Å². The standard InChI is InChI=1S/C16H20N4O3S3/c1-10(15(21)17-11-6-8-26(22,23)9-11)25-16-19-18-14(13-3-2-7-24-13)20(16)12-4-5-12/h2-3,7,10-12H,4-6,8-9H2,1H3,(H,17,21)/t10-,11+/m1/s1. The smallest absolute Gasteiger partial charge is 0.233 e. The van der Waals surface area contributed by atoms with Crippen LogP contribution in [0.1, 0.15) is 32.2 Å². The molecular formula is C16H20N4O3S3. The number of hydrogen-bond donors (Lipinski definition) is 1. The minimum absolute atomic E-state index is 0.0386. The van der Waals surface area contributed by atoms with Crippen LogP contribution in [0.3, 0.4) is 0 Å². The van der Waals surface area contributed by atoms with E-state index >= 15 is 0 Å². The van der Waals surface area contributed by atoms with Gasteiger partial charge in [-0.05, 0) is 37.6 Å². The fraction of sp³-hybridized carbons (Fsp3) is 0.562. The summed E-state index contributed by atoms with van der Waals surface area (Å²) < 4.78 is 25.2. The molecule has 7 nitrogen and oxygen atoms in total. The second-order valence-corrected chi connectivity index (χ2v) is 11.2. The first-order valence-corrected chi connectivity index (χ1v) is 12.2. The van der Waals surface area contributed by atoms with Crippen molar-refractivity contribution in [2.24, 2.45) is 0 Å². The number of amides is 1. The summed E-state index contributed by atoms with van der Waals surface area (Å²) in [5.41, 5.74) is 0. The van der Waals surface area contributed by atoms with E-state index in [0.717, 1.165) is 28.7 Å². The van der Waals surface area contributed by atoms with Gasteiger partial charge in [-0.15, -0.1) is 21.5 Å². The summed E-state index contributed by atoms with van der Waals surface area (Å²) in [7, 11) is -3.00. The molecular weight excluding hydrogens is 392 g/mol. The molecule has 0 radical (unpaired) electrons. The Balaban J connectivity index is 1.46. The third-order valence-electron chi connectivity index (χ3n) is 4.55. The third kappa shape index (κ3) is 3.81. The van der Waals surface area contributed by atoms with E-state index in [1.165, 1.54) is 11.8 Å². The van der Waals surface area contributed by atoms with Crippen LogP contribution < -0.4 is 5.32 Å². The number of aromatic nitrogens is 3. The number of nitrogens with one attached hydrogen (secondary N) is 1. The second kappa shape index (κ2) is 6.97. The first-order chi connectivity index (χ1) is 12.4. The SMILES string of the molecule is C[C@@H](Sc1nnc(-c2cccs2)n1C1CC1)C(=O)N[C@H]1CCS(=O)(=O)C1. The van der Waals surface area contributed by atoms with Crippen LogP contribution in [0, 0.1) is 0 Å². The Morgan fingerprint density at radius 3 is 2.81 bits per heavy atom. The zero-order valence-corrected chi connectivity index (χ0v) is 16.7. The Morgan fingerprint density at radius 1 is 1.38 bits per heavy atom. The number of thioether (sulfide) groups is 1. The van der Waals surface area contributed by atoms with Crippen LogP contribution in [0.15, 0.2) is 22.7 Å². The lowest BCUT2D eigenvalue weighted by Gasteiger charge is -2.16. The Bertz CT molecular complexity index is 903. The molecule has 140 valence electrons. The number of rotatable bonds is 6. The topological polar surface area (TPSA) is 93.9 Å². The van der Waals surface area contributed by atoms with Crippen LogP contribution in [0.2, 0.25) is 0 Å². The van der Waals surface area contributed by atoms with Gasteiger partial charge in [-0.3, -0.25) is 9.36 Å². The summed E-state index contributed by atoms with van der Waals surface area (Å²) in [6.45, 7) is 1.82. The van der Waals surface area contributed by atoms with Crippen molar-refractivity contribution in [1.82, 2.24) is 20.1 Å². The molecule has 1 N–H and O–H groups in total. The molecule has 0 bridgehead atoms. The normalized spacial score (nSPS) is 23.0. The van der Waals surface area contributed by atoms with Crippen molar-refractivity contribution >= 4 is 38.8 Å². The van der Waals surface area contributed by atoms with Gasteiger partial charge >= 0.3 is 0 Å². The zero-order valence-electron chi connectivity index (χ0n) is 14.3. The summed E-state index contributed by atoms with van der Waals surface area (Å²) in [6.07, 6.45) is 2.70. The van der Waals surface area contributed by atoms with Crippen molar-refractivity contribution in [3.63, 3.8) is 0 Å². The molecule has 3 heterocycles. The van der Waals surface area contributed by atoms with Crippen molar-refractivity contribution in [2.75, 3.05) is 11.5 Å². The summed E-state index contributed by atoms with van der Waals surface area (Å²) in [5, 5.41) is 13.9. The van der Waals surface area contributed by atoms with Crippen molar-refractivity contribution in [1.29, 1.82) is 0 Å². The highest BCUT2D eigenvalue weighted by Gasteiger charge is 2.33. The molecule has 10 heteroatoms. The first kappa shape index (κ1) is 18.0. The van der Waals surface area contributed by atoms with Gasteiger partial charge in [-0.25, -0.2) is 8.42 Å². The van der Waals surface area contributed by atoms with Crippen LogP contribution in [-0.4, -0.2) is 51.9 Å². The van der Waals surface area contributed by atoms with E-state index in [2.05, 4.69) is 20.1 Å². The van der Waals surface area contributed by atoms with Crippen molar-refractivity contribution < 1.29 is 13.2 Å². The van der Waals surface area contributed by atoms with Gasteiger partial charge in [0.05, 0.1) is 21.6 Å². The molecule has 2 atom stereocenters. The fourth-order valence-electron chi connectivity index (χ4n) is 3.03. The third-order valence-corrected chi connectivity index (χ3v) is 8.24. The lowest BCUT2D eigenvalue weighted by atomic mass is 10.2. The molecule has 1 amide bonds. The maximum Gasteiger partial charge on any atom is 0.233 e. The summed E-state index contributed by atoms with van der Waals surface area (Å²) in [6, 6.07) is 4.14.